The Labute approximate surface area is 213 Å². The summed E-state index contributed by atoms with van der Waals surface area (Å²) in [6.07, 6.45) is 0. The summed E-state index contributed by atoms with van der Waals surface area (Å²) in [7, 11) is 0. The summed E-state index contributed by atoms with van der Waals surface area (Å²) in [6, 6.07) is 30.8. The van der Waals surface area contributed by atoms with Gasteiger partial charge in [0, 0.05) is 18.9 Å². The number of hydrogen-bond donors (Lipinski definition) is 0. The molecule has 0 atom stereocenters. The summed E-state index contributed by atoms with van der Waals surface area (Å²) >= 11 is 5.95. The van der Waals surface area contributed by atoms with E-state index in [1.165, 1.54) is 48.1 Å². The first-order valence-electron chi connectivity index (χ1n) is 11.0. The molecule has 0 unspecified atom stereocenters. The number of fused-ring (bicyclic) bond motifs is 6. The van der Waals surface area contributed by atoms with Gasteiger partial charge in [-0.1, -0.05) is 104 Å². The van der Waals surface area contributed by atoms with Crippen LogP contribution in [0, 0.1) is 3.57 Å². The molecular weight excluding hydrogens is 567 g/mol. The molecule has 4 aromatic carbocycles. The van der Waals surface area contributed by atoms with Gasteiger partial charge in [-0.2, -0.15) is 0 Å². The molecule has 0 saturated heterocycles. The molecule has 0 nitrogen and oxygen atoms in total. The monoisotopic (exact) mass is 592 g/mol. The summed E-state index contributed by atoms with van der Waals surface area (Å²) in [5.74, 6) is 0. The first-order valence-corrected chi connectivity index (χ1v) is 12.9. The number of hydrogen-bond acceptors (Lipinski definition) is 0. The zero-order valence-corrected chi connectivity index (χ0v) is 22.6. The Morgan fingerprint density at radius 1 is 0.531 bits per heavy atom. The van der Waals surface area contributed by atoms with Gasteiger partial charge in [-0.05, 0) is 91.4 Å². The van der Waals surface area contributed by atoms with Crippen LogP contribution in [-0.4, -0.2) is 0 Å². The number of benzene rings is 4. The fourth-order valence-electron chi connectivity index (χ4n) is 5.35. The van der Waals surface area contributed by atoms with E-state index in [-0.39, 0.29) is 10.8 Å². The van der Waals surface area contributed by atoms with Crippen molar-refractivity contribution < 1.29 is 0 Å². The lowest BCUT2D eigenvalue weighted by Gasteiger charge is -2.21. The molecule has 32 heavy (non-hydrogen) atoms. The summed E-state index contributed by atoms with van der Waals surface area (Å²) in [4.78, 5) is 0. The molecule has 0 aromatic heterocycles. The molecular formula is C30H26BrI. The van der Waals surface area contributed by atoms with Gasteiger partial charge in [0.1, 0.15) is 0 Å². The van der Waals surface area contributed by atoms with Crippen molar-refractivity contribution in [2.24, 2.45) is 0 Å². The van der Waals surface area contributed by atoms with Crippen molar-refractivity contribution in [2.75, 3.05) is 0 Å². The summed E-state index contributed by atoms with van der Waals surface area (Å²) in [6.45, 7) is 9.22. The molecule has 2 heteroatoms. The van der Waals surface area contributed by atoms with Crippen molar-refractivity contribution in [1.29, 1.82) is 0 Å². The van der Waals surface area contributed by atoms with Gasteiger partial charge in [-0.3, -0.25) is 0 Å². The predicted molar refractivity (Wildman–Crippen MR) is 148 cm³/mol. The Bertz CT molecular complexity index is 1240. The maximum Gasteiger partial charge on any atom is 0.0178 e. The second kappa shape index (κ2) is 7.85. The predicted octanol–water partition coefficient (Wildman–Crippen LogP) is 9.35. The van der Waals surface area contributed by atoms with Crippen molar-refractivity contribution in [1.82, 2.24) is 0 Å². The Hall–Kier alpha value is -1.91. The first kappa shape index (κ1) is 21.9. The second-order valence-electron chi connectivity index (χ2n) is 9.72. The highest BCUT2D eigenvalue weighted by atomic mass is 127. The van der Waals surface area contributed by atoms with Crippen LogP contribution in [0.3, 0.4) is 0 Å². The van der Waals surface area contributed by atoms with Crippen LogP contribution in [0.25, 0.3) is 22.3 Å². The average molecular weight is 593 g/mol. The molecule has 0 heterocycles. The quantitative estimate of drug-likeness (QED) is 0.178. The third-order valence-corrected chi connectivity index (χ3v) is 8.26. The van der Waals surface area contributed by atoms with Gasteiger partial charge in [-0.25, -0.2) is 0 Å². The normalized spacial score (nSPS) is 15.7. The standard InChI is InChI=1S/C15H13Br.C15H13I/c2*1-15(2)13-6-4-3-5-11(13)12-8-7-10(16)9-14(12)15/h2*3-9H,1-2H3. The molecule has 0 saturated carbocycles. The largest absolute Gasteiger partial charge is 0.0619 e. The number of halogens is 2. The summed E-state index contributed by atoms with van der Waals surface area (Å²) in [5.41, 5.74) is 11.6. The van der Waals surface area contributed by atoms with E-state index in [9.17, 15) is 0 Å². The Balaban J connectivity index is 0.000000135. The van der Waals surface area contributed by atoms with Crippen LogP contribution in [0.15, 0.2) is 89.4 Å². The van der Waals surface area contributed by atoms with Gasteiger partial charge >= 0.3 is 0 Å². The van der Waals surface area contributed by atoms with Crippen LogP contribution in [-0.2, 0) is 10.8 Å². The third-order valence-electron chi connectivity index (χ3n) is 7.09. The zero-order chi connectivity index (χ0) is 22.7. The van der Waals surface area contributed by atoms with E-state index >= 15 is 0 Å². The van der Waals surface area contributed by atoms with Crippen molar-refractivity contribution in [2.45, 2.75) is 38.5 Å². The van der Waals surface area contributed by atoms with E-state index in [4.69, 9.17) is 0 Å². The van der Waals surface area contributed by atoms with Crippen molar-refractivity contribution in [3.63, 3.8) is 0 Å². The van der Waals surface area contributed by atoms with Gasteiger partial charge < -0.3 is 0 Å². The minimum Gasteiger partial charge on any atom is -0.0619 e. The van der Waals surface area contributed by atoms with Crippen LogP contribution in [0.1, 0.15) is 49.9 Å². The van der Waals surface area contributed by atoms with Crippen molar-refractivity contribution in [3.8, 4) is 22.3 Å². The van der Waals surface area contributed by atoms with Gasteiger partial charge in [-0.15, -0.1) is 0 Å². The Kier molecular flexibility index (Phi) is 5.37. The van der Waals surface area contributed by atoms with Crippen LogP contribution >= 0.6 is 38.5 Å². The van der Waals surface area contributed by atoms with E-state index in [0.717, 1.165) is 4.47 Å². The fourth-order valence-corrected chi connectivity index (χ4v) is 6.21. The van der Waals surface area contributed by atoms with Crippen molar-refractivity contribution in [3.05, 3.63) is 115 Å². The summed E-state index contributed by atoms with van der Waals surface area (Å²) < 4.78 is 2.48. The van der Waals surface area contributed by atoms with Crippen LogP contribution in [0.2, 0.25) is 0 Å². The minimum atomic E-state index is 0.121. The highest BCUT2D eigenvalue weighted by molar-refractivity contribution is 14.1. The topological polar surface area (TPSA) is 0 Å². The molecule has 0 aliphatic heterocycles. The molecule has 0 fully saturated rings. The van der Waals surface area contributed by atoms with Crippen LogP contribution in [0.4, 0.5) is 0 Å². The van der Waals surface area contributed by atoms with Crippen molar-refractivity contribution >= 4 is 38.5 Å². The van der Waals surface area contributed by atoms with Gasteiger partial charge in [0.25, 0.3) is 0 Å². The van der Waals surface area contributed by atoms with E-state index in [0.29, 0.717) is 0 Å². The van der Waals surface area contributed by atoms with Gasteiger partial charge in [0.05, 0.1) is 0 Å². The second-order valence-corrected chi connectivity index (χ2v) is 11.9. The fraction of sp³-hybridized carbons (Fsp3) is 0.200. The lowest BCUT2D eigenvalue weighted by atomic mass is 9.82. The number of rotatable bonds is 0. The van der Waals surface area contributed by atoms with Gasteiger partial charge in [0.15, 0.2) is 0 Å². The molecule has 2 aliphatic carbocycles. The Morgan fingerprint density at radius 2 is 0.969 bits per heavy atom. The first-order chi connectivity index (χ1) is 15.2. The molecule has 0 N–H and O–H groups in total. The molecule has 160 valence electrons. The highest BCUT2D eigenvalue weighted by Gasteiger charge is 2.35. The average Bonchev–Trinajstić information content (AvgIpc) is 3.14. The highest BCUT2D eigenvalue weighted by Crippen LogP contribution is 2.49. The van der Waals surface area contributed by atoms with E-state index in [1.54, 1.807) is 0 Å². The Morgan fingerprint density at radius 3 is 1.53 bits per heavy atom. The lowest BCUT2D eigenvalue weighted by Crippen LogP contribution is -2.14. The maximum atomic E-state index is 3.56. The van der Waals surface area contributed by atoms with E-state index < -0.39 is 0 Å². The van der Waals surface area contributed by atoms with Crippen LogP contribution < -0.4 is 0 Å². The molecule has 0 bridgehead atoms. The SMILES string of the molecule is CC1(C)c2ccccc2-c2ccc(Br)cc21.CC1(C)c2ccccc2-c2ccc(I)cc21. The van der Waals surface area contributed by atoms with Gasteiger partial charge in [0.2, 0.25) is 0 Å². The van der Waals surface area contributed by atoms with E-state index in [2.05, 4.69) is 151 Å². The molecule has 0 radical (unpaired) electrons. The molecule has 2 aliphatic rings. The van der Waals surface area contributed by atoms with Crippen LogP contribution in [0.5, 0.6) is 0 Å². The molecule has 4 aromatic rings. The molecule has 0 amide bonds. The van der Waals surface area contributed by atoms with E-state index in [1.807, 2.05) is 0 Å². The smallest absolute Gasteiger partial charge is 0.0178 e. The maximum absolute atomic E-state index is 3.56. The molecule has 6 rings (SSSR count). The third kappa shape index (κ3) is 3.38. The summed E-state index contributed by atoms with van der Waals surface area (Å²) in [5, 5.41) is 0. The molecule has 0 spiro atoms. The zero-order valence-electron chi connectivity index (χ0n) is 18.8. The lowest BCUT2D eigenvalue weighted by molar-refractivity contribution is 0.660. The minimum absolute atomic E-state index is 0.121.